The van der Waals surface area contributed by atoms with Crippen LogP contribution in [0.25, 0.3) is 0 Å². The van der Waals surface area contributed by atoms with E-state index >= 15 is 0 Å². The van der Waals surface area contributed by atoms with E-state index in [1.54, 1.807) is 30.3 Å². The number of carbonyl (C=O) groups excluding carboxylic acids is 1. The summed E-state index contributed by atoms with van der Waals surface area (Å²) in [6.45, 7) is 0.331. The van der Waals surface area contributed by atoms with Gasteiger partial charge in [0.25, 0.3) is 0 Å². The fourth-order valence-electron chi connectivity index (χ4n) is 2.42. The van der Waals surface area contributed by atoms with Crippen molar-refractivity contribution in [2.24, 2.45) is 5.73 Å². The number of nitrogens with two attached hydrogens (primary N) is 1. The zero-order valence-electron chi connectivity index (χ0n) is 13.4. The molecule has 2 aromatic rings. The lowest BCUT2D eigenvalue weighted by molar-refractivity contribution is -0.137. The lowest BCUT2D eigenvalue weighted by Crippen LogP contribution is -2.42. The molecule has 4 N–H and O–H groups in total. The molecular formula is C18H18F3N3O. The molecule has 0 atom stereocenters. The highest BCUT2D eigenvalue weighted by Crippen LogP contribution is 2.36. The number of amides is 1. The van der Waals surface area contributed by atoms with Gasteiger partial charge in [0.15, 0.2) is 0 Å². The van der Waals surface area contributed by atoms with Gasteiger partial charge in [0.2, 0.25) is 5.91 Å². The maximum atomic E-state index is 13.0. The molecule has 132 valence electrons. The summed E-state index contributed by atoms with van der Waals surface area (Å²) in [6.07, 6.45) is -3.03. The van der Waals surface area contributed by atoms with Crippen LogP contribution in [-0.2, 0) is 17.5 Å². The van der Waals surface area contributed by atoms with Gasteiger partial charge < -0.3 is 16.4 Å². The largest absolute Gasteiger partial charge is 0.418 e. The molecule has 1 aliphatic carbocycles. The lowest BCUT2D eigenvalue weighted by Gasteiger charge is -2.15. The second-order valence-electron chi connectivity index (χ2n) is 6.20. The van der Waals surface area contributed by atoms with Crippen LogP contribution in [-0.4, -0.2) is 11.4 Å². The predicted octanol–water partition coefficient (Wildman–Crippen LogP) is 3.56. The first-order chi connectivity index (χ1) is 11.8. The number of alkyl halides is 3. The Kier molecular flexibility index (Phi) is 4.43. The smallest absolute Gasteiger partial charge is 0.355 e. The van der Waals surface area contributed by atoms with Gasteiger partial charge in [-0.25, -0.2) is 0 Å². The molecule has 0 saturated heterocycles. The lowest BCUT2D eigenvalue weighted by atomic mass is 10.1. The number of para-hydroxylation sites is 1. The van der Waals surface area contributed by atoms with Crippen molar-refractivity contribution in [2.75, 3.05) is 5.32 Å². The second kappa shape index (κ2) is 6.40. The van der Waals surface area contributed by atoms with Crippen LogP contribution in [0, 0.1) is 0 Å². The minimum atomic E-state index is -4.42. The molecule has 0 bridgehead atoms. The highest BCUT2D eigenvalue weighted by molar-refractivity contribution is 5.88. The first kappa shape index (κ1) is 17.3. The molecule has 1 amide bonds. The summed E-state index contributed by atoms with van der Waals surface area (Å²) in [6, 6.07) is 12.1. The van der Waals surface area contributed by atoms with Gasteiger partial charge in [0, 0.05) is 12.2 Å². The molecule has 1 saturated carbocycles. The summed E-state index contributed by atoms with van der Waals surface area (Å²) in [4.78, 5) is 11.8. The van der Waals surface area contributed by atoms with Crippen LogP contribution in [0.2, 0.25) is 0 Å². The molecule has 0 spiro atoms. The number of hydrogen-bond acceptors (Lipinski definition) is 3. The van der Waals surface area contributed by atoms with Crippen LogP contribution < -0.4 is 16.4 Å². The van der Waals surface area contributed by atoms with Gasteiger partial charge in [0.1, 0.15) is 0 Å². The zero-order chi connectivity index (χ0) is 18.1. The summed E-state index contributed by atoms with van der Waals surface area (Å²) < 4.78 is 39.0. The molecule has 0 unspecified atom stereocenters. The molecule has 0 aromatic heterocycles. The van der Waals surface area contributed by atoms with E-state index in [1.807, 2.05) is 0 Å². The van der Waals surface area contributed by atoms with E-state index < -0.39 is 17.3 Å². The van der Waals surface area contributed by atoms with Crippen molar-refractivity contribution < 1.29 is 18.0 Å². The van der Waals surface area contributed by atoms with Crippen molar-refractivity contribution >= 4 is 17.3 Å². The Labute approximate surface area is 143 Å². The molecule has 0 radical (unpaired) electrons. The summed E-state index contributed by atoms with van der Waals surface area (Å²) in [7, 11) is 0. The van der Waals surface area contributed by atoms with E-state index in [0.29, 0.717) is 25.1 Å². The van der Waals surface area contributed by atoms with Gasteiger partial charge in [-0.15, -0.1) is 0 Å². The van der Waals surface area contributed by atoms with Crippen molar-refractivity contribution in [1.82, 2.24) is 5.32 Å². The molecule has 1 aliphatic rings. The van der Waals surface area contributed by atoms with Gasteiger partial charge in [0.05, 0.1) is 16.8 Å². The topological polar surface area (TPSA) is 67.2 Å². The zero-order valence-corrected chi connectivity index (χ0v) is 13.4. The van der Waals surface area contributed by atoms with Gasteiger partial charge >= 0.3 is 6.18 Å². The quantitative estimate of drug-likeness (QED) is 0.773. The monoisotopic (exact) mass is 349 g/mol. The third-order valence-electron chi connectivity index (χ3n) is 4.16. The van der Waals surface area contributed by atoms with E-state index in [-0.39, 0.29) is 11.6 Å². The minimum absolute atomic E-state index is 0.00476. The Hall–Kier alpha value is -2.54. The number of anilines is 2. The summed E-state index contributed by atoms with van der Waals surface area (Å²) in [5.41, 5.74) is 5.73. The first-order valence-corrected chi connectivity index (χ1v) is 7.87. The molecule has 3 rings (SSSR count). The van der Waals surface area contributed by atoms with Crippen LogP contribution in [0.5, 0.6) is 0 Å². The second-order valence-corrected chi connectivity index (χ2v) is 6.20. The summed E-state index contributed by atoms with van der Waals surface area (Å²) in [5.74, 6) is -0.172. The van der Waals surface area contributed by atoms with Crippen molar-refractivity contribution in [1.29, 1.82) is 0 Å². The minimum Gasteiger partial charge on any atom is -0.355 e. The fourth-order valence-corrected chi connectivity index (χ4v) is 2.42. The number of benzene rings is 2. The molecule has 25 heavy (non-hydrogen) atoms. The standard InChI is InChI=1S/C18H18F3N3O/c19-18(20,21)14-3-1-2-4-15(14)24-13-7-5-12(6-8-13)11-23-16(25)17(22)9-10-17/h1-8,24H,9-11,22H2,(H,23,25). The Balaban J connectivity index is 1.64. The molecule has 0 aliphatic heterocycles. The number of nitrogens with one attached hydrogen (secondary N) is 2. The molecule has 1 fully saturated rings. The van der Waals surface area contributed by atoms with E-state index in [9.17, 15) is 18.0 Å². The van der Waals surface area contributed by atoms with Gasteiger partial charge in [-0.3, -0.25) is 4.79 Å². The SMILES string of the molecule is NC1(C(=O)NCc2ccc(Nc3ccccc3C(F)(F)F)cc2)CC1. The Morgan fingerprint density at radius 3 is 2.32 bits per heavy atom. The normalized spacial score (nSPS) is 15.5. The van der Waals surface area contributed by atoms with Crippen molar-refractivity contribution in [3.63, 3.8) is 0 Å². The van der Waals surface area contributed by atoms with Crippen LogP contribution in [0.15, 0.2) is 48.5 Å². The Bertz CT molecular complexity index is 768. The van der Waals surface area contributed by atoms with E-state index in [0.717, 1.165) is 11.6 Å². The van der Waals surface area contributed by atoms with Crippen molar-refractivity contribution in [2.45, 2.75) is 31.1 Å². The molecule has 2 aromatic carbocycles. The summed E-state index contributed by atoms with van der Waals surface area (Å²) >= 11 is 0. The van der Waals surface area contributed by atoms with Gasteiger partial charge in [-0.1, -0.05) is 24.3 Å². The number of carbonyl (C=O) groups is 1. The third-order valence-corrected chi connectivity index (χ3v) is 4.16. The van der Waals surface area contributed by atoms with E-state index in [1.165, 1.54) is 12.1 Å². The molecule has 4 nitrogen and oxygen atoms in total. The van der Waals surface area contributed by atoms with Crippen LogP contribution >= 0.6 is 0 Å². The molecule has 0 heterocycles. The maximum absolute atomic E-state index is 13.0. The average molecular weight is 349 g/mol. The van der Waals surface area contributed by atoms with Crippen LogP contribution in [0.1, 0.15) is 24.0 Å². The summed E-state index contributed by atoms with van der Waals surface area (Å²) in [5, 5.41) is 5.54. The van der Waals surface area contributed by atoms with Gasteiger partial charge in [-0.05, 0) is 42.7 Å². The number of hydrogen-bond donors (Lipinski definition) is 3. The highest BCUT2D eigenvalue weighted by Gasteiger charge is 2.45. The van der Waals surface area contributed by atoms with Crippen LogP contribution in [0.4, 0.5) is 24.5 Å². The predicted molar refractivity (Wildman–Crippen MR) is 89.2 cm³/mol. The van der Waals surface area contributed by atoms with Crippen LogP contribution in [0.3, 0.4) is 0 Å². The Morgan fingerprint density at radius 2 is 1.72 bits per heavy atom. The van der Waals surface area contributed by atoms with Gasteiger partial charge in [-0.2, -0.15) is 13.2 Å². The fraction of sp³-hybridized carbons (Fsp3) is 0.278. The molecule has 7 heteroatoms. The van der Waals surface area contributed by atoms with Crippen molar-refractivity contribution in [3.05, 3.63) is 59.7 Å². The highest BCUT2D eigenvalue weighted by atomic mass is 19.4. The number of rotatable bonds is 5. The Morgan fingerprint density at radius 1 is 1.08 bits per heavy atom. The number of halogens is 3. The third kappa shape index (κ3) is 4.11. The molecular weight excluding hydrogens is 331 g/mol. The first-order valence-electron chi connectivity index (χ1n) is 7.87. The maximum Gasteiger partial charge on any atom is 0.418 e. The van der Waals surface area contributed by atoms with E-state index in [2.05, 4.69) is 10.6 Å². The van der Waals surface area contributed by atoms with Crippen molar-refractivity contribution in [3.8, 4) is 0 Å². The van der Waals surface area contributed by atoms with E-state index in [4.69, 9.17) is 5.73 Å². The average Bonchev–Trinajstić information content (AvgIpc) is 3.32.